The predicted molar refractivity (Wildman–Crippen MR) is 80.9 cm³/mol. The van der Waals surface area contributed by atoms with Gasteiger partial charge in [0.2, 0.25) is 0 Å². The monoisotopic (exact) mass is 293 g/mol. The highest BCUT2D eigenvalue weighted by atomic mass is 32.1. The Hall–Kier alpha value is -0.940. The molecule has 110 valence electrons. The number of hydrogen-bond donors (Lipinski definition) is 0. The van der Waals surface area contributed by atoms with Crippen molar-refractivity contribution < 1.29 is 4.79 Å². The molecule has 0 radical (unpaired) electrons. The number of carbonyl (C=O) groups is 1. The number of carbonyl (C=O) groups excluding carboxylic acids is 1. The van der Waals surface area contributed by atoms with Gasteiger partial charge in [0, 0.05) is 38.1 Å². The number of likely N-dealkylation sites (tertiary alicyclic amines) is 2. The minimum atomic E-state index is 0.114. The highest BCUT2D eigenvalue weighted by molar-refractivity contribution is 7.07. The molecule has 1 amide bonds. The van der Waals surface area contributed by atoms with E-state index in [9.17, 15) is 4.79 Å². The molecule has 0 N–H and O–H groups in total. The molecule has 4 nitrogen and oxygen atoms in total. The zero-order valence-corrected chi connectivity index (χ0v) is 13.3. The second-order valence-electron chi connectivity index (χ2n) is 7.36. The summed E-state index contributed by atoms with van der Waals surface area (Å²) in [5, 5.41) is 1.85. The van der Waals surface area contributed by atoms with E-state index in [1.54, 1.807) is 5.51 Å². The summed E-state index contributed by atoms with van der Waals surface area (Å²) in [4.78, 5) is 21.0. The largest absolute Gasteiger partial charge is 0.337 e. The van der Waals surface area contributed by atoms with E-state index in [2.05, 4.69) is 30.7 Å². The molecule has 5 heteroatoms. The summed E-state index contributed by atoms with van der Waals surface area (Å²) in [5.74, 6) is 1.42. The molecule has 2 saturated heterocycles. The lowest BCUT2D eigenvalue weighted by atomic mass is 9.96. The molecule has 0 spiro atoms. The Morgan fingerprint density at radius 3 is 2.45 bits per heavy atom. The van der Waals surface area contributed by atoms with Crippen LogP contribution in [0.25, 0.3) is 0 Å². The average Bonchev–Trinajstić information content (AvgIpc) is 2.98. The van der Waals surface area contributed by atoms with Gasteiger partial charge in [0.05, 0.1) is 5.51 Å². The van der Waals surface area contributed by atoms with Gasteiger partial charge >= 0.3 is 0 Å². The molecule has 2 fully saturated rings. The third kappa shape index (κ3) is 2.88. The van der Waals surface area contributed by atoms with E-state index in [4.69, 9.17) is 0 Å². The molecule has 2 aliphatic heterocycles. The van der Waals surface area contributed by atoms with Gasteiger partial charge in [-0.1, -0.05) is 20.8 Å². The average molecular weight is 293 g/mol. The fourth-order valence-corrected chi connectivity index (χ4v) is 4.06. The van der Waals surface area contributed by atoms with E-state index in [0.717, 1.165) is 32.7 Å². The summed E-state index contributed by atoms with van der Waals surface area (Å²) in [6.07, 6.45) is 0. The SMILES string of the molecule is CC(C)(C)CN1CC2CN(C(=O)c3cscn3)CC2C1. The van der Waals surface area contributed by atoms with Crippen LogP contribution in [0, 0.1) is 17.3 Å². The van der Waals surface area contributed by atoms with Crippen molar-refractivity contribution in [3.63, 3.8) is 0 Å². The summed E-state index contributed by atoms with van der Waals surface area (Å²) in [6.45, 7) is 12.1. The lowest BCUT2D eigenvalue weighted by Gasteiger charge is -2.27. The second kappa shape index (κ2) is 5.11. The van der Waals surface area contributed by atoms with Gasteiger partial charge in [0.15, 0.2) is 0 Å². The van der Waals surface area contributed by atoms with Crippen LogP contribution in [0.1, 0.15) is 31.3 Å². The van der Waals surface area contributed by atoms with Crippen LogP contribution in [-0.2, 0) is 0 Å². The standard InChI is InChI=1S/C15H23N3OS/c1-15(2,3)9-17-4-11-6-18(7-12(11)5-17)14(19)13-8-20-10-16-13/h8,10-12H,4-7,9H2,1-3H3. The van der Waals surface area contributed by atoms with Crippen LogP contribution in [-0.4, -0.2) is 53.4 Å². The van der Waals surface area contributed by atoms with Crippen molar-refractivity contribution in [2.75, 3.05) is 32.7 Å². The first-order valence-electron chi connectivity index (χ1n) is 7.32. The number of nitrogens with zero attached hydrogens (tertiary/aromatic N) is 3. The third-order valence-electron chi connectivity index (χ3n) is 4.20. The molecule has 1 aromatic rings. The van der Waals surface area contributed by atoms with Crippen molar-refractivity contribution >= 4 is 17.2 Å². The molecule has 2 aliphatic rings. The smallest absolute Gasteiger partial charge is 0.273 e. The molecule has 3 rings (SSSR count). The topological polar surface area (TPSA) is 36.4 Å². The Bertz CT molecular complexity index is 466. The van der Waals surface area contributed by atoms with E-state index in [-0.39, 0.29) is 5.91 Å². The number of thiazole rings is 1. The van der Waals surface area contributed by atoms with E-state index >= 15 is 0 Å². The number of rotatable bonds is 2. The predicted octanol–water partition coefficient (Wildman–Crippen LogP) is 2.19. The van der Waals surface area contributed by atoms with E-state index in [1.807, 2.05) is 10.3 Å². The fourth-order valence-electron chi connectivity index (χ4n) is 3.54. The van der Waals surface area contributed by atoms with Gasteiger partial charge in [0.1, 0.15) is 5.69 Å². The molecule has 1 aromatic heterocycles. The van der Waals surface area contributed by atoms with Gasteiger partial charge in [-0.15, -0.1) is 11.3 Å². The van der Waals surface area contributed by atoms with Crippen LogP contribution < -0.4 is 0 Å². The van der Waals surface area contributed by atoms with Crippen LogP contribution in [0.5, 0.6) is 0 Å². The quantitative estimate of drug-likeness (QED) is 0.838. The molecule has 0 saturated carbocycles. The lowest BCUT2D eigenvalue weighted by molar-refractivity contribution is 0.0765. The van der Waals surface area contributed by atoms with Crippen molar-refractivity contribution in [2.24, 2.45) is 17.3 Å². The number of fused-ring (bicyclic) bond motifs is 1. The zero-order valence-electron chi connectivity index (χ0n) is 12.5. The summed E-state index contributed by atoms with van der Waals surface area (Å²) < 4.78 is 0. The summed E-state index contributed by atoms with van der Waals surface area (Å²) >= 11 is 1.49. The van der Waals surface area contributed by atoms with Crippen LogP contribution in [0.2, 0.25) is 0 Å². The van der Waals surface area contributed by atoms with Crippen LogP contribution in [0.3, 0.4) is 0 Å². The fraction of sp³-hybridized carbons (Fsp3) is 0.733. The number of amides is 1. The van der Waals surface area contributed by atoms with Crippen molar-refractivity contribution in [3.8, 4) is 0 Å². The molecular weight excluding hydrogens is 270 g/mol. The Labute approximate surface area is 124 Å². The normalized spacial score (nSPS) is 27.1. The molecule has 3 heterocycles. The molecule has 0 aromatic carbocycles. The Morgan fingerprint density at radius 1 is 1.30 bits per heavy atom. The Kier molecular flexibility index (Phi) is 3.58. The molecule has 2 atom stereocenters. The molecule has 20 heavy (non-hydrogen) atoms. The van der Waals surface area contributed by atoms with Crippen LogP contribution >= 0.6 is 11.3 Å². The third-order valence-corrected chi connectivity index (χ3v) is 4.78. The van der Waals surface area contributed by atoms with Crippen molar-refractivity contribution in [2.45, 2.75) is 20.8 Å². The maximum absolute atomic E-state index is 12.3. The van der Waals surface area contributed by atoms with Gasteiger partial charge < -0.3 is 9.80 Å². The maximum Gasteiger partial charge on any atom is 0.273 e. The van der Waals surface area contributed by atoms with Crippen molar-refractivity contribution in [1.29, 1.82) is 0 Å². The summed E-state index contributed by atoms with van der Waals surface area (Å²) in [6, 6.07) is 0. The van der Waals surface area contributed by atoms with Crippen LogP contribution in [0.4, 0.5) is 0 Å². The zero-order chi connectivity index (χ0) is 14.3. The first-order chi connectivity index (χ1) is 9.42. The number of hydrogen-bond acceptors (Lipinski definition) is 4. The summed E-state index contributed by atoms with van der Waals surface area (Å²) in [7, 11) is 0. The van der Waals surface area contributed by atoms with E-state index in [1.165, 1.54) is 11.3 Å². The second-order valence-corrected chi connectivity index (χ2v) is 8.08. The van der Waals surface area contributed by atoms with Gasteiger partial charge in [0.25, 0.3) is 5.91 Å². The number of aromatic nitrogens is 1. The summed E-state index contributed by atoms with van der Waals surface area (Å²) in [5.41, 5.74) is 2.70. The highest BCUT2D eigenvalue weighted by Gasteiger charge is 2.42. The minimum Gasteiger partial charge on any atom is -0.337 e. The van der Waals surface area contributed by atoms with Gasteiger partial charge in [-0.25, -0.2) is 4.98 Å². The van der Waals surface area contributed by atoms with Crippen molar-refractivity contribution in [1.82, 2.24) is 14.8 Å². The minimum absolute atomic E-state index is 0.114. The van der Waals surface area contributed by atoms with Gasteiger partial charge in [-0.3, -0.25) is 4.79 Å². The molecule has 2 unspecified atom stereocenters. The molecule has 0 bridgehead atoms. The molecule has 0 aliphatic carbocycles. The van der Waals surface area contributed by atoms with Crippen molar-refractivity contribution in [3.05, 3.63) is 16.6 Å². The van der Waals surface area contributed by atoms with Crippen LogP contribution in [0.15, 0.2) is 10.9 Å². The highest BCUT2D eigenvalue weighted by Crippen LogP contribution is 2.33. The first kappa shape index (κ1) is 14.0. The van der Waals surface area contributed by atoms with E-state index < -0.39 is 0 Å². The van der Waals surface area contributed by atoms with Gasteiger partial charge in [-0.05, 0) is 17.3 Å². The van der Waals surface area contributed by atoms with Gasteiger partial charge in [-0.2, -0.15) is 0 Å². The first-order valence-corrected chi connectivity index (χ1v) is 8.26. The van der Waals surface area contributed by atoms with E-state index in [0.29, 0.717) is 22.9 Å². The molecular formula is C15H23N3OS. The lowest BCUT2D eigenvalue weighted by Crippen LogP contribution is -2.36. The Balaban J connectivity index is 1.57. The Morgan fingerprint density at radius 2 is 1.95 bits per heavy atom. The maximum atomic E-state index is 12.3.